The van der Waals surface area contributed by atoms with Crippen molar-refractivity contribution in [1.29, 1.82) is 0 Å². The summed E-state index contributed by atoms with van der Waals surface area (Å²) in [5.74, 6) is -3.35. The predicted molar refractivity (Wildman–Crippen MR) is 119 cm³/mol. The second kappa shape index (κ2) is 10.1. The maximum Gasteiger partial charge on any atom is 0.261 e. The summed E-state index contributed by atoms with van der Waals surface area (Å²) in [7, 11) is 0. The van der Waals surface area contributed by atoms with Gasteiger partial charge in [0.05, 0.1) is 11.4 Å². The fourth-order valence-corrected chi connectivity index (χ4v) is 2.77. The first-order valence-electron chi connectivity index (χ1n) is 9.54. The molecule has 0 saturated carbocycles. The van der Waals surface area contributed by atoms with Crippen LogP contribution in [0.2, 0.25) is 0 Å². The first-order valence-corrected chi connectivity index (χ1v) is 9.54. The number of benzene rings is 3. The van der Waals surface area contributed by atoms with Crippen molar-refractivity contribution in [1.82, 2.24) is 0 Å². The highest BCUT2D eigenvalue weighted by Gasteiger charge is 2.21. The van der Waals surface area contributed by atoms with Crippen LogP contribution in [0.4, 0.5) is 25.8 Å². The molecule has 3 rings (SSSR count). The van der Waals surface area contributed by atoms with Gasteiger partial charge in [0.1, 0.15) is 17.2 Å². The summed E-state index contributed by atoms with van der Waals surface area (Å²) in [6, 6.07) is 17.4. The fourth-order valence-electron chi connectivity index (χ4n) is 2.77. The lowest BCUT2D eigenvalue weighted by atomic mass is 10.1. The van der Waals surface area contributed by atoms with Crippen molar-refractivity contribution in [2.45, 2.75) is 6.92 Å². The minimum atomic E-state index is -0.880. The van der Waals surface area contributed by atoms with E-state index in [-0.39, 0.29) is 22.9 Å². The van der Waals surface area contributed by atoms with Crippen molar-refractivity contribution >= 4 is 40.9 Å². The molecule has 3 aromatic carbocycles. The molecule has 0 aliphatic carbocycles. The summed E-state index contributed by atoms with van der Waals surface area (Å²) in [5.41, 5.74) is 0.402. The highest BCUT2D eigenvalue weighted by Crippen LogP contribution is 2.19. The van der Waals surface area contributed by atoms with E-state index < -0.39 is 23.4 Å². The fraction of sp³-hybridized carbons (Fsp3) is 0.0417. The van der Waals surface area contributed by atoms with Gasteiger partial charge in [-0.05, 0) is 48.0 Å². The van der Waals surface area contributed by atoms with Crippen molar-refractivity contribution in [3.8, 4) is 0 Å². The van der Waals surface area contributed by atoms with Crippen molar-refractivity contribution in [2.75, 3.05) is 16.0 Å². The zero-order chi connectivity index (χ0) is 23.1. The molecule has 0 unspecified atom stereocenters. The Morgan fingerprint density at radius 2 is 1.16 bits per heavy atom. The lowest BCUT2D eigenvalue weighted by molar-refractivity contribution is -0.118. The molecule has 0 heterocycles. The average Bonchev–Trinajstić information content (AvgIpc) is 2.76. The number of hydrogen-bond acceptors (Lipinski definition) is 3. The Labute approximate surface area is 183 Å². The van der Waals surface area contributed by atoms with E-state index >= 15 is 0 Å². The quantitative estimate of drug-likeness (QED) is 0.301. The van der Waals surface area contributed by atoms with Crippen LogP contribution in [0, 0.1) is 11.6 Å². The molecule has 0 aromatic heterocycles. The van der Waals surface area contributed by atoms with Crippen molar-refractivity contribution in [3.63, 3.8) is 0 Å². The highest BCUT2D eigenvalue weighted by atomic mass is 19.1. The van der Waals surface area contributed by atoms with Gasteiger partial charge in [-0.15, -0.1) is 0 Å². The van der Waals surface area contributed by atoms with Gasteiger partial charge in [0.2, 0.25) is 5.91 Å². The molecule has 0 radical (unpaired) electrons. The molecule has 162 valence electrons. The van der Waals surface area contributed by atoms with Crippen LogP contribution < -0.4 is 16.0 Å². The minimum absolute atomic E-state index is 0.108. The second-order valence-corrected chi connectivity index (χ2v) is 6.73. The summed E-state index contributed by atoms with van der Waals surface area (Å²) in [5, 5.41) is 7.32. The van der Waals surface area contributed by atoms with Gasteiger partial charge in [-0.2, -0.15) is 0 Å². The van der Waals surface area contributed by atoms with Crippen LogP contribution in [0.25, 0.3) is 6.08 Å². The lowest BCUT2D eigenvalue weighted by Gasteiger charge is -2.11. The molecular weight excluding hydrogens is 416 g/mol. The van der Waals surface area contributed by atoms with E-state index in [2.05, 4.69) is 16.0 Å². The Bertz CT molecular complexity index is 1130. The van der Waals surface area contributed by atoms with Gasteiger partial charge in [-0.3, -0.25) is 14.4 Å². The molecule has 3 aromatic rings. The van der Waals surface area contributed by atoms with Crippen LogP contribution in [-0.2, 0) is 14.4 Å². The summed E-state index contributed by atoms with van der Waals surface area (Å²) >= 11 is 0. The van der Waals surface area contributed by atoms with Gasteiger partial charge < -0.3 is 16.0 Å². The van der Waals surface area contributed by atoms with Gasteiger partial charge in [0.25, 0.3) is 11.8 Å². The molecule has 0 spiro atoms. The van der Waals surface area contributed by atoms with Crippen LogP contribution in [0.3, 0.4) is 0 Å². The number of amides is 3. The van der Waals surface area contributed by atoms with E-state index in [4.69, 9.17) is 0 Å². The number of hydrogen-bond donors (Lipinski definition) is 3. The van der Waals surface area contributed by atoms with E-state index in [1.54, 1.807) is 24.3 Å². The first-order chi connectivity index (χ1) is 15.3. The topological polar surface area (TPSA) is 87.3 Å². The van der Waals surface area contributed by atoms with E-state index in [1.165, 1.54) is 61.5 Å². The first kappa shape index (κ1) is 22.4. The minimum Gasteiger partial charge on any atom is -0.326 e. The smallest absolute Gasteiger partial charge is 0.261 e. The molecule has 0 aliphatic heterocycles. The Morgan fingerprint density at radius 3 is 1.59 bits per heavy atom. The summed E-state index contributed by atoms with van der Waals surface area (Å²) in [6.45, 7) is 1.37. The summed E-state index contributed by atoms with van der Waals surface area (Å²) in [6.07, 6.45) is 1.28. The number of nitrogens with one attached hydrogen (secondary N) is 3. The predicted octanol–water partition coefficient (Wildman–Crippen LogP) is 4.58. The molecule has 6 nitrogen and oxygen atoms in total. The standard InChI is InChI=1S/C24H19F2N3O3/c1-15(30)27-17-12-10-16(11-13-17)14-18(23(31)28-21-8-4-2-6-19(21)25)24(32)29-22-9-5-3-7-20(22)26/h2-14H,1H3,(H,27,30)(H,28,31)(H,29,32). The van der Waals surface area contributed by atoms with Crippen LogP contribution >= 0.6 is 0 Å². The Kier molecular flexibility index (Phi) is 7.07. The second-order valence-electron chi connectivity index (χ2n) is 6.73. The van der Waals surface area contributed by atoms with Gasteiger partial charge >= 0.3 is 0 Å². The van der Waals surface area contributed by atoms with E-state index in [1.807, 2.05) is 0 Å². The lowest BCUT2D eigenvalue weighted by Crippen LogP contribution is -2.26. The van der Waals surface area contributed by atoms with Crippen LogP contribution in [0.5, 0.6) is 0 Å². The van der Waals surface area contributed by atoms with Crippen LogP contribution in [0.15, 0.2) is 78.4 Å². The van der Waals surface area contributed by atoms with Crippen LogP contribution in [0.1, 0.15) is 12.5 Å². The molecule has 3 N–H and O–H groups in total. The third-order valence-electron chi connectivity index (χ3n) is 4.28. The number of anilines is 3. The van der Waals surface area contributed by atoms with E-state index in [0.717, 1.165) is 0 Å². The van der Waals surface area contributed by atoms with Gasteiger partial charge in [-0.25, -0.2) is 8.78 Å². The SMILES string of the molecule is CC(=O)Nc1ccc(C=C(C(=O)Nc2ccccc2F)C(=O)Nc2ccccc2F)cc1. The molecule has 0 aliphatic rings. The molecule has 0 atom stereocenters. The van der Waals surface area contributed by atoms with Crippen molar-refractivity contribution < 1.29 is 23.2 Å². The average molecular weight is 435 g/mol. The number of carbonyl (C=O) groups excluding carboxylic acids is 3. The molecule has 0 fully saturated rings. The maximum atomic E-state index is 14.0. The normalized spacial score (nSPS) is 10.1. The molecular formula is C24H19F2N3O3. The molecule has 8 heteroatoms. The molecule has 0 saturated heterocycles. The third kappa shape index (κ3) is 5.85. The summed E-state index contributed by atoms with van der Waals surface area (Å²) < 4.78 is 27.9. The largest absolute Gasteiger partial charge is 0.326 e. The number of rotatable bonds is 6. The maximum absolute atomic E-state index is 14.0. The Morgan fingerprint density at radius 1 is 0.688 bits per heavy atom. The Balaban J connectivity index is 1.92. The van der Waals surface area contributed by atoms with E-state index in [9.17, 15) is 23.2 Å². The zero-order valence-corrected chi connectivity index (χ0v) is 17.0. The number of carbonyl (C=O) groups is 3. The number of halogens is 2. The van der Waals surface area contributed by atoms with Crippen molar-refractivity contribution in [2.24, 2.45) is 0 Å². The van der Waals surface area contributed by atoms with Crippen molar-refractivity contribution in [3.05, 3.63) is 95.6 Å². The van der Waals surface area contributed by atoms with Crippen LogP contribution in [-0.4, -0.2) is 17.7 Å². The number of para-hydroxylation sites is 2. The molecule has 32 heavy (non-hydrogen) atoms. The third-order valence-corrected chi connectivity index (χ3v) is 4.28. The van der Waals surface area contributed by atoms with Gasteiger partial charge in [0.15, 0.2) is 0 Å². The van der Waals surface area contributed by atoms with Gasteiger partial charge in [0, 0.05) is 12.6 Å². The zero-order valence-electron chi connectivity index (χ0n) is 17.0. The van der Waals surface area contributed by atoms with Gasteiger partial charge in [-0.1, -0.05) is 36.4 Å². The Hall–Kier alpha value is -4.33. The summed E-state index contributed by atoms with van der Waals surface area (Å²) in [4.78, 5) is 36.8. The monoisotopic (exact) mass is 435 g/mol. The highest BCUT2D eigenvalue weighted by molar-refractivity contribution is 6.28. The molecule has 0 bridgehead atoms. The van der Waals surface area contributed by atoms with E-state index in [0.29, 0.717) is 11.3 Å². The molecule has 3 amide bonds.